The Kier molecular flexibility index (Phi) is 5.81. The highest BCUT2D eigenvalue weighted by atomic mass is 16.6. The van der Waals surface area contributed by atoms with Gasteiger partial charge in [-0.25, -0.2) is 14.4 Å². The van der Waals surface area contributed by atoms with E-state index >= 15 is 0 Å². The third-order valence-corrected chi connectivity index (χ3v) is 6.20. The van der Waals surface area contributed by atoms with E-state index in [-0.39, 0.29) is 17.8 Å². The van der Waals surface area contributed by atoms with Crippen molar-refractivity contribution in [2.24, 2.45) is 18.7 Å². The van der Waals surface area contributed by atoms with E-state index in [0.717, 1.165) is 44.6 Å². The van der Waals surface area contributed by atoms with E-state index in [4.69, 9.17) is 5.73 Å². The highest BCUT2D eigenvalue weighted by Gasteiger charge is 2.40. The maximum atomic E-state index is 13.2. The van der Waals surface area contributed by atoms with E-state index in [1.807, 2.05) is 24.0 Å². The molecule has 2 bridgehead atoms. The number of hydrogen-bond acceptors (Lipinski definition) is 6. The lowest BCUT2D eigenvalue weighted by Gasteiger charge is -2.48. The number of carbonyl (C=O) groups excluding carboxylic acids is 3. The lowest BCUT2D eigenvalue weighted by atomic mass is 9.83. The molecule has 1 aromatic carbocycles. The van der Waals surface area contributed by atoms with E-state index in [9.17, 15) is 14.4 Å². The molecule has 0 radical (unpaired) electrons. The zero-order valence-corrected chi connectivity index (χ0v) is 17.8. The van der Waals surface area contributed by atoms with Crippen LogP contribution in [-0.2, 0) is 11.8 Å². The minimum Gasteiger partial charge on any atom is -0.371 e. The van der Waals surface area contributed by atoms with Crippen LogP contribution in [0.2, 0.25) is 0 Å². The Morgan fingerprint density at radius 2 is 2.03 bits per heavy atom. The third kappa shape index (κ3) is 4.07. The van der Waals surface area contributed by atoms with E-state index in [1.165, 1.54) is 4.68 Å². The van der Waals surface area contributed by atoms with Crippen molar-refractivity contribution in [2.75, 3.05) is 31.1 Å². The molecule has 31 heavy (non-hydrogen) atoms. The molecule has 3 aliphatic rings. The lowest BCUT2D eigenvalue weighted by Crippen LogP contribution is -2.60. The van der Waals surface area contributed by atoms with Gasteiger partial charge in [0, 0.05) is 31.2 Å². The first-order valence-corrected chi connectivity index (χ1v) is 10.7. The number of nitrogens with zero attached hydrogens (tertiary/aromatic N) is 4. The first-order chi connectivity index (χ1) is 14.9. The Balaban J connectivity index is 1.71. The van der Waals surface area contributed by atoms with Crippen LogP contribution in [0.15, 0.2) is 18.2 Å². The van der Waals surface area contributed by atoms with Gasteiger partial charge in [-0.15, -0.1) is 0 Å². The van der Waals surface area contributed by atoms with Gasteiger partial charge >= 0.3 is 18.1 Å². The number of ether oxygens (including phenoxy) is 1. The molecule has 4 heterocycles. The van der Waals surface area contributed by atoms with Crippen molar-refractivity contribution < 1.29 is 19.1 Å². The number of fused-ring (bicyclic) bond motifs is 4. The number of piperidine rings is 3. The second kappa shape index (κ2) is 8.54. The highest BCUT2D eigenvalue weighted by Crippen LogP contribution is 2.35. The first-order valence-electron chi connectivity index (χ1n) is 10.7. The molecule has 3 fully saturated rings. The Morgan fingerprint density at radius 3 is 2.65 bits per heavy atom. The summed E-state index contributed by atoms with van der Waals surface area (Å²) < 4.78 is 6.03. The summed E-state index contributed by atoms with van der Waals surface area (Å²) in [6.45, 7) is 5.64. The van der Waals surface area contributed by atoms with Crippen LogP contribution in [0.25, 0.3) is 10.9 Å². The quantitative estimate of drug-likeness (QED) is 0.553. The van der Waals surface area contributed by atoms with Crippen molar-refractivity contribution >= 4 is 34.7 Å². The van der Waals surface area contributed by atoms with Gasteiger partial charge in [-0.2, -0.15) is 5.10 Å². The molecule has 0 aliphatic carbocycles. The molecule has 2 aromatic rings. The fourth-order valence-corrected chi connectivity index (χ4v) is 4.69. The summed E-state index contributed by atoms with van der Waals surface area (Å²) in [5, 5.41) is 7.74. The average Bonchev–Trinajstić information content (AvgIpc) is 3.09. The summed E-state index contributed by atoms with van der Waals surface area (Å²) in [4.78, 5) is 40.6. The monoisotopic (exact) mass is 428 g/mol. The molecule has 0 saturated carbocycles. The predicted molar refractivity (Wildman–Crippen MR) is 115 cm³/mol. The number of amides is 3. The average molecular weight is 428 g/mol. The predicted octanol–water partition coefficient (Wildman–Crippen LogP) is 1.83. The SMILES string of the molecule is CCCNC(=O)N(c1ccc2c(C(=O)OC(N)=O)nn(C)c2c1)[C@@H]1CN2CCC1CC2. The van der Waals surface area contributed by atoms with Gasteiger partial charge in [-0.3, -0.25) is 9.58 Å². The largest absolute Gasteiger partial charge is 0.412 e. The molecule has 3 amide bonds. The number of benzene rings is 1. The number of carbonyl (C=O) groups is 3. The summed E-state index contributed by atoms with van der Waals surface area (Å²) >= 11 is 0. The van der Waals surface area contributed by atoms with Gasteiger partial charge < -0.3 is 20.7 Å². The Morgan fingerprint density at radius 1 is 1.29 bits per heavy atom. The molecule has 3 N–H and O–H groups in total. The van der Waals surface area contributed by atoms with Gasteiger partial charge in [0.1, 0.15) is 0 Å². The fourth-order valence-electron chi connectivity index (χ4n) is 4.69. The number of aryl methyl sites for hydroxylation is 1. The van der Waals surface area contributed by atoms with Crippen LogP contribution in [0.4, 0.5) is 15.3 Å². The van der Waals surface area contributed by atoms with Crippen molar-refractivity contribution in [3.63, 3.8) is 0 Å². The summed E-state index contributed by atoms with van der Waals surface area (Å²) in [6.07, 6.45) is 1.84. The number of rotatable bonds is 5. The number of hydrogen-bond donors (Lipinski definition) is 2. The van der Waals surface area contributed by atoms with Gasteiger partial charge in [0.25, 0.3) is 0 Å². The van der Waals surface area contributed by atoms with E-state index in [2.05, 4.69) is 20.1 Å². The number of urea groups is 1. The van der Waals surface area contributed by atoms with Crippen molar-refractivity contribution in [3.05, 3.63) is 23.9 Å². The first kappa shape index (κ1) is 21.1. The standard InChI is InChI=1S/C21H28N6O4/c1-3-8-23-21(30)27(17-12-26-9-6-13(17)7-10-26)14-4-5-15-16(11-14)25(2)24-18(15)19(28)31-20(22)29/h4-5,11,13,17H,3,6-10,12H2,1-2H3,(H2,22,29)(H,23,30)/t17-/m1/s1. The van der Waals surface area contributed by atoms with E-state index in [0.29, 0.717) is 23.4 Å². The molecular weight excluding hydrogens is 400 g/mol. The third-order valence-electron chi connectivity index (χ3n) is 6.20. The number of primary amides is 1. The van der Waals surface area contributed by atoms with Gasteiger partial charge in [0.05, 0.1) is 11.6 Å². The lowest BCUT2D eigenvalue weighted by molar-refractivity contribution is 0.0633. The Hall–Kier alpha value is -3.14. The maximum Gasteiger partial charge on any atom is 0.412 e. The van der Waals surface area contributed by atoms with Crippen LogP contribution in [0, 0.1) is 5.92 Å². The molecule has 3 aliphatic heterocycles. The molecule has 5 rings (SSSR count). The molecule has 1 aromatic heterocycles. The minimum atomic E-state index is -1.18. The molecule has 10 heteroatoms. The van der Waals surface area contributed by atoms with Crippen molar-refractivity contribution in [3.8, 4) is 0 Å². The molecule has 3 saturated heterocycles. The summed E-state index contributed by atoms with van der Waals surface area (Å²) in [7, 11) is 1.70. The molecule has 166 valence electrons. The number of nitrogens with two attached hydrogens (primary N) is 1. The minimum absolute atomic E-state index is 0.00710. The van der Waals surface area contributed by atoms with Crippen LogP contribution in [0.1, 0.15) is 36.7 Å². The normalized spacial score (nSPS) is 22.3. The second-order valence-corrected chi connectivity index (χ2v) is 8.19. The van der Waals surface area contributed by atoms with Gasteiger partial charge in [0.15, 0.2) is 5.69 Å². The number of anilines is 1. The summed E-state index contributed by atoms with van der Waals surface area (Å²) in [6, 6.07) is 5.37. The summed E-state index contributed by atoms with van der Waals surface area (Å²) in [5.74, 6) is -0.443. The van der Waals surface area contributed by atoms with E-state index in [1.54, 1.807) is 13.1 Å². The molecular formula is C21H28N6O4. The van der Waals surface area contributed by atoms with Crippen LogP contribution >= 0.6 is 0 Å². The number of aromatic nitrogens is 2. The Labute approximate surface area is 180 Å². The van der Waals surface area contributed by atoms with Gasteiger partial charge in [-0.1, -0.05) is 6.92 Å². The number of nitrogens with one attached hydrogen (secondary N) is 1. The topological polar surface area (TPSA) is 123 Å². The molecule has 0 unspecified atom stereocenters. The van der Waals surface area contributed by atoms with Crippen LogP contribution in [0.3, 0.4) is 0 Å². The Bertz CT molecular complexity index is 1010. The van der Waals surface area contributed by atoms with Crippen molar-refractivity contribution in [1.29, 1.82) is 0 Å². The van der Waals surface area contributed by atoms with Crippen LogP contribution < -0.4 is 16.0 Å². The maximum absolute atomic E-state index is 13.2. The molecule has 0 spiro atoms. The smallest absolute Gasteiger partial charge is 0.371 e. The number of esters is 1. The van der Waals surface area contributed by atoms with Crippen LogP contribution in [0.5, 0.6) is 0 Å². The van der Waals surface area contributed by atoms with Gasteiger partial charge in [0.2, 0.25) is 0 Å². The van der Waals surface area contributed by atoms with Gasteiger partial charge in [-0.05, 0) is 56.5 Å². The van der Waals surface area contributed by atoms with Crippen molar-refractivity contribution in [2.45, 2.75) is 32.2 Å². The zero-order valence-electron chi connectivity index (χ0n) is 17.8. The van der Waals surface area contributed by atoms with E-state index < -0.39 is 12.1 Å². The summed E-state index contributed by atoms with van der Waals surface area (Å²) in [5.41, 5.74) is 6.37. The fraction of sp³-hybridized carbons (Fsp3) is 0.524. The highest BCUT2D eigenvalue weighted by molar-refractivity contribution is 6.06. The molecule has 10 nitrogen and oxygen atoms in total. The van der Waals surface area contributed by atoms with Crippen LogP contribution in [-0.4, -0.2) is 65.0 Å². The molecule has 1 atom stereocenters. The second-order valence-electron chi connectivity index (χ2n) is 8.19. The zero-order chi connectivity index (χ0) is 22.1. The van der Waals surface area contributed by atoms with Crippen molar-refractivity contribution in [1.82, 2.24) is 20.0 Å².